The number of alkyl halides is 3. The molecule has 2 atom stereocenters. The molecule has 1 saturated heterocycles. The van der Waals surface area contributed by atoms with E-state index in [4.69, 9.17) is 0 Å². The molecule has 11 heteroatoms. The summed E-state index contributed by atoms with van der Waals surface area (Å²) in [6.07, 6.45) is -2.59. The van der Waals surface area contributed by atoms with Crippen LogP contribution in [0.1, 0.15) is 24.2 Å². The Morgan fingerprint density at radius 2 is 1.96 bits per heavy atom. The predicted octanol–water partition coefficient (Wildman–Crippen LogP) is 1.77. The van der Waals surface area contributed by atoms with Crippen LogP contribution in [0.15, 0.2) is 29.1 Å². The Labute approximate surface area is 157 Å². The van der Waals surface area contributed by atoms with Crippen LogP contribution in [0.5, 0.6) is 5.75 Å². The summed E-state index contributed by atoms with van der Waals surface area (Å²) in [6.45, 7) is 0.574. The summed E-state index contributed by atoms with van der Waals surface area (Å²) in [5, 5.41) is 9.28. The van der Waals surface area contributed by atoms with Crippen molar-refractivity contribution >= 4 is 6.03 Å². The molecular formula is C17H18F3N5O3. The number of halogens is 3. The number of rotatable bonds is 3. The molecule has 0 saturated carbocycles. The van der Waals surface area contributed by atoms with Crippen LogP contribution in [0.2, 0.25) is 0 Å². The fourth-order valence-electron chi connectivity index (χ4n) is 3.87. The van der Waals surface area contributed by atoms with Crippen molar-refractivity contribution < 1.29 is 22.7 Å². The number of carbonyl (C=O) groups is 1. The Morgan fingerprint density at radius 1 is 1.25 bits per heavy atom. The molecule has 2 amide bonds. The molecular weight excluding hydrogens is 379 g/mol. The van der Waals surface area contributed by atoms with Crippen LogP contribution in [0, 0.1) is 0 Å². The zero-order valence-corrected chi connectivity index (χ0v) is 14.7. The van der Waals surface area contributed by atoms with Crippen LogP contribution in [-0.2, 0) is 19.5 Å². The summed E-state index contributed by atoms with van der Waals surface area (Å²) in [6, 6.07) is 4.95. The van der Waals surface area contributed by atoms with Gasteiger partial charge < -0.3 is 15.0 Å². The van der Waals surface area contributed by atoms with Crippen molar-refractivity contribution in [3.05, 3.63) is 46.1 Å². The first-order valence-electron chi connectivity index (χ1n) is 8.85. The fraction of sp³-hybridized carbons (Fsp3) is 0.471. The van der Waals surface area contributed by atoms with Gasteiger partial charge in [-0.25, -0.2) is 14.7 Å². The summed E-state index contributed by atoms with van der Waals surface area (Å²) >= 11 is 0. The van der Waals surface area contributed by atoms with Gasteiger partial charge in [0.05, 0.1) is 6.04 Å². The summed E-state index contributed by atoms with van der Waals surface area (Å²) in [4.78, 5) is 26.3. The minimum atomic E-state index is -4.74. The van der Waals surface area contributed by atoms with Gasteiger partial charge in [-0.05, 0) is 30.5 Å². The SMILES string of the molecule is O=C(NCc1ccc(OC(F)(F)F)cc1)N1C2CCC1Cn1c(n[nH]c1=O)C2. The lowest BCUT2D eigenvalue weighted by atomic mass is 10.1. The quantitative estimate of drug-likeness (QED) is 0.826. The summed E-state index contributed by atoms with van der Waals surface area (Å²) < 4.78 is 42.0. The number of urea groups is 1. The van der Waals surface area contributed by atoms with E-state index in [2.05, 4.69) is 20.3 Å². The largest absolute Gasteiger partial charge is 0.573 e. The van der Waals surface area contributed by atoms with E-state index < -0.39 is 6.36 Å². The molecule has 2 N–H and O–H groups in total. The highest BCUT2D eigenvalue weighted by Gasteiger charge is 2.40. The Kier molecular flexibility index (Phi) is 4.52. The van der Waals surface area contributed by atoms with Gasteiger partial charge in [0.15, 0.2) is 0 Å². The van der Waals surface area contributed by atoms with E-state index in [1.54, 1.807) is 9.47 Å². The number of carbonyl (C=O) groups excluding carboxylic acids is 1. The molecule has 150 valence electrons. The second kappa shape index (κ2) is 6.88. The number of amides is 2. The third-order valence-corrected chi connectivity index (χ3v) is 5.10. The van der Waals surface area contributed by atoms with Crippen LogP contribution < -0.4 is 15.7 Å². The average molecular weight is 397 g/mol. The second-order valence-corrected chi connectivity index (χ2v) is 6.90. The molecule has 4 rings (SSSR count). The highest BCUT2D eigenvalue weighted by atomic mass is 19.4. The van der Waals surface area contributed by atoms with Crippen molar-refractivity contribution in [1.82, 2.24) is 25.0 Å². The van der Waals surface area contributed by atoms with Crippen LogP contribution in [0.3, 0.4) is 0 Å². The average Bonchev–Trinajstić information content (AvgIpc) is 3.11. The van der Waals surface area contributed by atoms with Gasteiger partial charge in [0.2, 0.25) is 0 Å². The lowest BCUT2D eigenvalue weighted by molar-refractivity contribution is -0.274. The number of benzene rings is 1. The lowest BCUT2D eigenvalue weighted by Gasteiger charge is -2.28. The van der Waals surface area contributed by atoms with Crippen molar-refractivity contribution in [2.45, 2.75) is 50.8 Å². The molecule has 2 aromatic rings. The summed E-state index contributed by atoms with van der Waals surface area (Å²) in [7, 11) is 0. The Morgan fingerprint density at radius 3 is 2.68 bits per heavy atom. The molecule has 2 unspecified atom stereocenters. The zero-order chi connectivity index (χ0) is 19.9. The van der Waals surface area contributed by atoms with E-state index in [-0.39, 0.29) is 36.1 Å². The van der Waals surface area contributed by atoms with E-state index in [1.165, 1.54) is 24.3 Å². The molecule has 8 nitrogen and oxygen atoms in total. The first kappa shape index (κ1) is 18.4. The molecule has 2 bridgehead atoms. The van der Waals surface area contributed by atoms with Gasteiger partial charge in [0.1, 0.15) is 11.6 Å². The molecule has 0 aliphatic carbocycles. The third kappa shape index (κ3) is 3.69. The van der Waals surface area contributed by atoms with Crippen molar-refractivity contribution in [2.75, 3.05) is 0 Å². The van der Waals surface area contributed by atoms with E-state index in [0.717, 1.165) is 12.8 Å². The number of hydrogen-bond acceptors (Lipinski definition) is 4. The standard InChI is InChI=1S/C17H18F3N5O3/c18-17(19,20)28-13-5-1-10(2-6-13)8-21-15(26)25-11-3-4-12(25)9-24-14(7-11)22-23-16(24)27/h1-2,5-6,11-12H,3-4,7-9H2,(H,21,26)(H,23,27). The number of hydrogen-bond donors (Lipinski definition) is 2. The number of aromatic amines is 1. The number of H-pyrrole nitrogens is 1. The lowest BCUT2D eigenvalue weighted by Crippen LogP contribution is -2.47. The summed E-state index contributed by atoms with van der Waals surface area (Å²) in [5.41, 5.74) is 0.374. The minimum Gasteiger partial charge on any atom is -0.406 e. The van der Waals surface area contributed by atoms with Crippen molar-refractivity contribution in [3.8, 4) is 5.75 Å². The van der Waals surface area contributed by atoms with Crippen LogP contribution in [-0.4, -0.2) is 44.1 Å². The number of nitrogens with zero attached hydrogens (tertiary/aromatic N) is 3. The molecule has 2 aliphatic heterocycles. The monoisotopic (exact) mass is 397 g/mol. The maximum Gasteiger partial charge on any atom is 0.573 e. The number of ether oxygens (including phenoxy) is 1. The first-order chi connectivity index (χ1) is 13.3. The van der Waals surface area contributed by atoms with Gasteiger partial charge in [-0.3, -0.25) is 4.57 Å². The highest BCUT2D eigenvalue weighted by molar-refractivity contribution is 5.75. The maximum absolute atomic E-state index is 12.7. The maximum atomic E-state index is 12.7. The number of fused-ring (bicyclic) bond motifs is 3. The van der Waals surface area contributed by atoms with Gasteiger partial charge in [-0.15, -0.1) is 13.2 Å². The number of aromatic nitrogens is 3. The van der Waals surface area contributed by atoms with Crippen molar-refractivity contribution in [2.24, 2.45) is 0 Å². The van der Waals surface area contributed by atoms with Crippen LogP contribution in [0.4, 0.5) is 18.0 Å². The molecule has 1 fully saturated rings. The normalized spacial score (nSPS) is 21.2. The van der Waals surface area contributed by atoms with Crippen LogP contribution >= 0.6 is 0 Å². The molecule has 3 heterocycles. The second-order valence-electron chi connectivity index (χ2n) is 6.90. The van der Waals surface area contributed by atoms with Crippen molar-refractivity contribution in [1.29, 1.82) is 0 Å². The van der Waals surface area contributed by atoms with Crippen LogP contribution in [0.25, 0.3) is 0 Å². The molecule has 0 radical (unpaired) electrons. The highest BCUT2D eigenvalue weighted by Crippen LogP contribution is 2.30. The fourth-order valence-corrected chi connectivity index (χ4v) is 3.87. The van der Waals surface area contributed by atoms with Crippen molar-refractivity contribution in [3.63, 3.8) is 0 Å². The van der Waals surface area contributed by atoms with Gasteiger partial charge in [0.25, 0.3) is 0 Å². The molecule has 28 heavy (non-hydrogen) atoms. The Balaban J connectivity index is 1.39. The first-order valence-corrected chi connectivity index (χ1v) is 8.85. The summed E-state index contributed by atoms with van der Waals surface area (Å²) in [5.74, 6) is 0.336. The minimum absolute atomic E-state index is 0.0380. The molecule has 1 aromatic heterocycles. The Hall–Kier alpha value is -2.98. The van der Waals surface area contributed by atoms with Gasteiger partial charge in [-0.2, -0.15) is 5.10 Å². The van der Waals surface area contributed by atoms with Gasteiger partial charge >= 0.3 is 18.1 Å². The Bertz CT molecular complexity index is 921. The van der Waals surface area contributed by atoms with E-state index in [9.17, 15) is 22.8 Å². The van der Waals surface area contributed by atoms with E-state index in [1.807, 2.05) is 0 Å². The smallest absolute Gasteiger partial charge is 0.406 e. The van der Waals surface area contributed by atoms with Gasteiger partial charge in [-0.1, -0.05) is 12.1 Å². The third-order valence-electron chi connectivity index (χ3n) is 5.10. The molecule has 2 aliphatic rings. The zero-order valence-electron chi connectivity index (χ0n) is 14.7. The molecule has 1 aromatic carbocycles. The predicted molar refractivity (Wildman–Crippen MR) is 90.6 cm³/mol. The van der Waals surface area contributed by atoms with E-state index in [0.29, 0.717) is 24.4 Å². The van der Waals surface area contributed by atoms with Gasteiger partial charge in [0, 0.05) is 25.6 Å². The molecule has 0 spiro atoms. The number of nitrogens with one attached hydrogen (secondary N) is 2. The van der Waals surface area contributed by atoms with E-state index >= 15 is 0 Å². The topological polar surface area (TPSA) is 92.2 Å².